The molecule has 2 atom stereocenters. The number of rotatable bonds is 6. The van der Waals surface area contributed by atoms with E-state index in [-0.39, 0.29) is 6.61 Å². The van der Waals surface area contributed by atoms with Gasteiger partial charge in [0, 0.05) is 6.61 Å². The fraction of sp³-hybridized carbons (Fsp3) is 0.714. The molecular formula is C14H23NO3. The number of hydrogen-bond acceptors (Lipinski definition) is 4. The van der Waals surface area contributed by atoms with Gasteiger partial charge in [-0.3, -0.25) is 0 Å². The molecule has 2 unspecified atom stereocenters. The zero-order valence-electron chi connectivity index (χ0n) is 10.8. The van der Waals surface area contributed by atoms with Crippen LogP contribution in [0.25, 0.3) is 0 Å². The van der Waals surface area contributed by atoms with Gasteiger partial charge in [0.15, 0.2) is 0 Å². The minimum absolute atomic E-state index is 0.0464. The van der Waals surface area contributed by atoms with Gasteiger partial charge in [-0.2, -0.15) is 0 Å². The van der Waals surface area contributed by atoms with Gasteiger partial charge in [0.1, 0.15) is 18.1 Å². The van der Waals surface area contributed by atoms with Crippen molar-refractivity contribution < 1.29 is 14.6 Å². The van der Waals surface area contributed by atoms with Crippen molar-refractivity contribution in [2.75, 3.05) is 13.2 Å². The number of hydrogen-bond donors (Lipinski definition) is 3. The fourth-order valence-corrected chi connectivity index (χ4v) is 2.78. The summed E-state index contributed by atoms with van der Waals surface area (Å²) >= 11 is 0. The molecule has 102 valence electrons. The summed E-state index contributed by atoms with van der Waals surface area (Å²) in [5.74, 6) is 2.50. The highest BCUT2D eigenvalue weighted by atomic mass is 16.4. The van der Waals surface area contributed by atoms with Gasteiger partial charge in [-0.15, -0.1) is 0 Å². The molecule has 0 aliphatic heterocycles. The molecule has 3 N–H and O–H groups in total. The molecule has 1 aliphatic carbocycles. The molecule has 1 aromatic rings. The van der Waals surface area contributed by atoms with Crippen LogP contribution >= 0.6 is 0 Å². The van der Waals surface area contributed by atoms with Crippen molar-refractivity contribution in [2.24, 2.45) is 11.8 Å². The second-order valence-electron chi connectivity index (χ2n) is 5.14. The highest BCUT2D eigenvalue weighted by Gasteiger charge is 2.23. The highest BCUT2D eigenvalue weighted by molar-refractivity contribution is 5.06. The van der Waals surface area contributed by atoms with E-state index in [0.717, 1.165) is 18.7 Å². The SMILES string of the molecule is OCc1ccc(CNCC2CCCCC2CO)o1. The summed E-state index contributed by atoms with van der Waals surface area (Å²) in [4.78, 5) is 0. The second kappa shape index (κ2) is 6.92. The topological polar surface area (TPSA) is 65.6 Å². The van der Waals surface area contributed by atoms with Gasteiger partial charge in [-0.05, 0) is 43.4 Å². The normalized spacial score (nSPS) is 24.3. The molecule has 0 saturated heterocycles. The summed E-state index contributed by atoms with van der Waals surface area (Å²) in [6, 6.07) is 3.69. The lowest BCUT2D eigenvalue weighted by atomic mass is 9.79. The number of nitrogens with one attached hydrogen (secondary N) is 1. The van der Waals surface area contributed by atoms with Crippen LogP contribution in [0.4, 0.5) is 0 Å². The first-order chi connectivity index (χ1) is 8.83. The van der Waals surface area contributed by atoms with E-state index in [4.69, 9.17) is 9.52 Å². The zero-order chi connectivity index (χ0) is 12.8. The summed E-state index contributed by atoms with van der Waals surface area (Å²) in [5.41, 5.74) is 0. The lowest BCUT2D eigenvalue weighted by Gasteiger charge is -2.30. The first-order valence-electron chi connectivity index (χ1n) is 6.83. The maximum atomic E-state index is 9.34. The molecule has 0 spiro atoms. The molecule has 2 rings (SSSR count). The summed E-state index contributed by atoms with van der Waals surface area (Å²) in [6.07, 6.45) is 4.88. The number of aliphatic hydroxyl groups excluding tert-OH is 2. The number of furan rings is 1. The molecule has 1 saturated carbocycles. The van der Waals surface area contributed by atoms with Gasteiger partial charge in [0.2, 0.25) is 0 Å². The molecule has 0 radical (unpaired) electrons. The van der Waals surface area contributed by atoms with E-state index < -0.39 is 0 Å². The summed E-state index contributed by atoms with van der Waals surface area (Å²) in [6.45, 7) is 1.88. The van der Waals surface area contributed by atoms with Crippen LogP contribution in [0.5, 0.6) is 0 Å². The Bertz CT molecular complexity index is 351. The molecule has 0 aromatic carbocycles. The monoisotopic (exact) mass is 253 g/mol. The minimum Gasteiger partial charge on any atom is -0.462 e. The molecule has 18 heavy (non-hydrogen) atoms. The Morgan fingerprint density at radius 2 is 1.83 bits per heavy atom. The Kier molecular flexibility index (Phi) is 5.23. The van der Waals surface area contributed by atoms with Crippen LogP contribution in [0, 0.1) is 11.8 Å². The van der Waals surface area contributed by atoms with E-state index in [0.29, 0.717) is 30.7 Å². The first kappa shape index (κ1) is 13.6. The van der Waals surface area contributed by atoms with Crippen molar-refractivity contribution in [3.63, 3.8) is 0 Å². The molecule has 4 nitrogen and oxygen atoms in total. The third kappa shape index (κ3) is 3.57. The van der Waals surface area contributed by atoms with Crippen LogP contribution in [-0.4, -0.2) is 23.4 Å². The van der Waals surface area contributed by atoms with E-state index >= 15 is 0 Å². The summed E-state index contributed by atoms with van der Waals surface area (Å²) < 4.78 is 5.41. The predicted octanol–water partition coefficient (Wildman–Crippen LogP) is 1.66. The van der Waals surface area contributed by atoms with Gasteiger partial charge in [-0.25, -0.2) is 0 Å². The van der Waals surface area contributed by atoms with Crippen molar-refractivity contribution in [3.8, 4) is 0 Å². The Labute approximate surface area is 108 Å². The third-order valence-corrected chi connectivity index (χ3v) is 3.88. The van der Waals surface area contributed by atoms with Gasteiger partial charge >= 0.3 is 0 Å². The Morgan fingerprint density at radius 1 is 1.11 bits per heavy atom. The second-order valence-corrected chi connectivity index (χ2v) is 5.14. The molecule has 0 bridgehead atoms. The third-order valence-electron chi connectivity index (χ3n) is 3.88. The first-order valence-corrected chi connectivity index (χ1v) is 6.83. The van der Waals surface area contributed by atoms with E-state index in [1.807, 2.05) is 6.07 Å². The number of aliphatic hydroxyl groups is 2. The Balaban J connectivity index is 1.73. The maximum absolute atomic E-state index is 9.34. The Morgan fingerprint density at radius 3 is 2.50 bits per heavy atom. The van der Waals surface area contributed by atoms with Gasteiger partial charge < -0.3 is 19.9 Å². The van der Waals surface area contributed by atoms with Gasteiger partial charge in [0.25, 0.3) is 0 Å². The average Bonchev–Trinajstić information content (AvgIpc) is 2.87. The summed E-state index contributed by atoms with van der Waals surface area (Å²) in [7, 11) is 0. The highest BCUT2D eigenvalue weighted by Crippen LogP contribution is 2.29. The fourth-order valence-electron chi connectivity index (χ4n) is 2.78. The Hall–Kier alpha value is -0.840. The molecule has 1 fully saturated rings. The van der Waals surface area contributed by atoms with Crippen LogP contribution in [-0.2, 0) is 13.2 Å². The van der Waals surface area contributed by atoms with Crippen molar-refractivity contribution in [1.29, 1.82) is 0 Å². The average molecular weight is 253 g/mol. The zero-order valence-corrected chi connectivity index (χ0v) is 10.8. The van der Waals surface area contributed by atoms with E-state index in [1.54, 1.807) is 6.07 Å². The van der Waals surface area contributed by atoms with Crippen LogP contribution in [0.2, 0.25) is 0 Å². The van der Waals surface area contributed by atoms with Crippen LogP contribution in [0.3, 0.4) is 0 Å². The largest absolute Gasteiger partial charge is 0.462 e. The minimum atomic E-state index is -0.0464. The molecular weight excluding hydrogens is 230 g/mol. The van der Waals surface area contributed by atoms with Crippen molar-refractivity contribution in [1.82, 2.24) is 5.32 Å². The molecule has 1 aliphatic rings. The van der Waals surface area contributed by atoms with Crippen LogP contribution in [0.1, 0.15) is 37.2 Å². The van der Waals surface area contributed by atoms with Crippen LogP contribution < -0.4 is 5.32 Å². The van der Waals surface area contributed by atoms with Crippen molar-refractivity contribution >= 4 is 0 Å². The smallest absolute Gasteiger partial charge is 0.129 e. The predicted molar refractivity (Wildman–Crippen MR) is 68.9 cm³/mol. The van der Waals surface area contributed by atoms with Gasteiger partial charge in [-0.1, -0.05) is 12.8 Å². The van der Waals surface area contributed by atoms with E-state index in [9.17, 15) is 5.11 Å². The van der Waals surface area contributed by atoms with Crippen LogP contribution in [0.15, 0.2) is 16.5 Å². The molecule has 0 amide bonds. The standard InChI is InChI=1S/C14H23NO3/c16-9-12-4-2-1-3-11(12)7-15-8-13-5-6-14(10-17)18-13/h5-6,11-12,15-17H,1-4,7-10H2. The lowest BCUT2D eigenvalue weighted by Crippen LogP contribution is -2.32. The van der Waals surface area contributed by atoms with Crippen molar-refractivity contribution in [2.45, 2.75) is 38.8 Å². The van der Waals surface area contributed by atoms with Crippen molar-refractivity contribution in [3.05, 3.63) is 23.7 Å². The van der Waals surface area contributed by atoms with Gasteiger partial charge in [0.05, 0.1) is 6.54 Å². The molecule has 1 heterocycles. The molecule has 1 aromatic heterocycles. The summed E-state index contributed by atoms with van der Waals surface area (Å²) in [5, 5.41) is 21.6. The molecule has 4 heteroatoms. The maximum Gasteiger partial charge on any atom is 0.129 e. The van der Waals surface area contributed by atoms with E-state index in [1.165, 1.54) is 19.3 Å². The quantitative estimate of drug-likeness (QED) is 0.721. The lowest BCUT2D eigenvalue weighted by molar-refractivity contribution is 0.132. The van der Waals surface area contributed by atoms with E-state index in [2.05, 4.69) is 5.32 Å².